The first-order chi connectivity index (χ1) is 5.43. The van der Waals surface area contributed by atoms with Gasteiger partial charge in [0, 0.05) is 12.4 Å². The summed E-state index contributed by atoms with van der Waals surface area (Å²) in [6.07, 6.45) is 10.4. The van der Waals surface area contributed by atoms with E-state index in [0.717, 1.165) is 6.42 Å². The highest BCUT2D eigenvalue weighted by Crippen LogP contribution is 1.97. The molecule has 0 unspecified atom stereocenters. The summed E-state index contributed by atoms with van der Waals surface area (Å²) in [7, 11) is 0. The third-order valence-electron chi connectivity index (χ3n) is 1.38. The molecule has 0 amide bonds. The molecule has 0 fully saturated rings. The van der Waals surface area contributed by atoms with Crippen molar-refractivity contribution in [2.75, 3.05) is 0 Å². The van der Waals surface area contributed by atoms with Crippen LogP contribution in [-0.2, 0) is 6.42 Å². The Balaban J connectivity index is 2.51. The summed E-state index contributed by atoms with van der Waals surface area (Å²) >= 11 is 0. The van der Waals surface area contributed by atoms with E-state index >= 15 is 0 Å². The highest BCUT2D eigenvalue weighted by atomic mass is 14.6. The van der Waals surface area contributed by atoms with Gasteiger partial charge in [0.05, 0.1) is 0 Å². The van der Waals surface area contributed by atoms with Gasteiger partial charge in [-0.3, -0.25) is 4.98 Å². The number of pyridine rings is 1. The van der Waals surface area contributed by atoms with Crippen LogP contribution >= 0.6 is 0 Å². The van der Waals surface area contributed by atoms with Crippen molar-refractivity contribution in [1.82, 2.24) is 4.98 Å². The molecule has 56 valence electrons. The van der Waals surface area contributed by atoms with E-state index < -0.39 is 0 Å². The first kappa shape index (κ1) is 7.73. The highest BCUT2D eigenvalue weighted by molar-refractivity contribution is 5.14. The van der Waals surface area contributed by atoms with Crippen LogP contribution in [0.25, 0.3) is 0 Å². The molecule has 1 aromatic heterocycles. The Morgan fingerprint density at radius 2 is 2.09 bits per heavy atom. The second kappa shape index (κ2) is 4.45. The van der Waals surface area contributed by atoms with Gasteiger partial charge in [-0.1, -0.05) is 24.8 Å². The summed E-state index contributed by atoms with van der Waals surface area (Å²) in [5, 5.41) is 0. The Morgan fingerprint density at radius 3 is 2.73 bits per heavy atom. The Labute approximate surface area is 67.1 Å². The molecule has 0 aromatic carbocycles. The largest absolute Gasteiger partial charge is 0.265 e. The molecule has 0 spiro atoms. The van der Waals surface area contributed by atoms with Gasteiger partial charge in [0.1, 0.15) is 0 Å². The number of aromatic nitrogens is 1. The van der Waals surface area contributed by atoms with Gasteiger partial charge in [-0.15, -0.1) is 0 Å². The van der Waals surface area contributed by atoms with Crippen LogP contribution in [0.1, 0.15) is 5.56 Å². The number of nitrogens with zero attached hydrogens (tertiary/aromatic N) is 1. The van der Waals surface area contributed by atoms with E-state index in [1.54, 1.807) is 18.5 Å². The van der Waals surface area contributed by atoms with Gasteiger partial charge in [-0.25, -0.2) is 0 Å². The fourth-order valence-electron chi connectivity index (χ4n) is 0.819. The fraction of sp³-hybridized carbons (Fsp3) is 0.100. The first-order valence-corrected chi connectivity index (χ1v) is 3.60. The lowest BCUT2D eigenvalue weighted by Crippen LogP contribution is -1.79. The molecule has 0 bridgehead atoms. The number of allylic oxidation sites excluding steroid dienone is 3. The van der Waals surface area contributed by atoms with Crippen molar-refractivity contribution >= 4 is 0 Å². The van der Waals surface area contributed by atoms with Crippen molar-refractivity contribution in [2.24, 2.45) is 0 Å². The van der Waals surface area contributed by atoms with Crippen LogP contribution in [-0.4, -0.2) is 4.98 Å². The van der Waals surface area contributed by atoms with Gasteiger partial charge in [0.15, 0.2) is 0 Å². The van der Waals surface area contributed by atoms with Crippen LogP contribution in [0.3, 0.4) is 0 Å². The Morgan fingerprint density at radius 1 is 1.36 bits per heavy atom. The van der Waals surface area contributed by atoms with Crippen LogP contribution in [0.4, 0.5) is 0 Å². The Kier molecular flexibility index (Phi) is 3.13. The summed E-state index contributed by atoms with van der Waals surface area (Å²) in [5.74, 6) is 0. The molecule has 0 N–H and O–H groups in total. The summed E-state index contributed by atoms with van der Waals surface area (Å²) in [4.78, 5) is 3.93. The molecule has 1 heterocycles. The molecule has 1 heteroatoms. The normalized spacial score (nSPS) is 10.2. The van der Waals surface area contributed by atoms with Gasteiger partial charge >= 0.3 is 0 Å². The second-order valence-electron chi connectivity index (χ2n) is 2.22. The van der Waals surface area contributed by atoms with Crippen molar-refractivity contribution in [2.45, 2.75) is 6.42 Å². The molecular formula is C10H11N. The van der Waals surface area contributed by atoms with Gasteiger partial charge in [-0.05, 0) is 24.1 Å². The molecule has 1 rings (SSSR count). The van der Waals surface area contributed by atoms with Crippen molar-refractivity contribution in [3.05, 3.63) is 54.9 Å². The van der Waals surface area contributed by atoms with E-state index in [9.17, 15) is 0 Å². The van der Waals surface area contributed by atoms with Gasteiger partial charge < -0.3 is 0 Å². The minimum Gasteiger partial charge on any atom is -0.265 e. The molecule has 0 atom stereocenters. The Hall–Kier alpha value is -1.37. The third kappa shape index (κ3) is 2.80. The van der Waals surface area contributed by atoms with Gasteiger partial charge in [-0.2, -0.15) is 0 Å². The smallest absolute Gasteiger partial charge is 0.0270 e. The van der Waals surface area contributed by atoms with E-state index in [-0.39, 0.29) is 0 Å². The molecule has 0 aliphatic rings. The quantitative estimate of drug-likeness (QED) is 0.595. The lowest BCUT2D eigenvalue weighted by molar-refractivity contribution is 1.21. The van der Waals surface area contributed by atoms with Crippen LogP contribution in [0.5, 0.6) is 0 Å². The molecule has 1 nitrogen and oxygen atoms in total. The zero-order valence-electron chi connectivity index (χ0n) is 6.40. The molecule has 0 aliphatic heterocycles. The van der Waals surface area contributed by atoms with E-state index in [4.69, 9.17) is 0 Å². The Bertz CT molecular complexity index is 236. The monoisotopic (exact) mass is 145 g/mol. The molecule has 0 radical (unpaired) electrons. The van der Waals surface area contributed by atoms with Crippen LogP contribution in [0.15, 0.2) is 49.3 Å². The fourth-order valence-corrected chi connectivity index (χ4v) is 0.819. The summed E-state index contributed by atoms with van der Waals surface area (Å²) < 4.78 is 0. The molecule has 1 aromatic rings. The molecule has 0 saturated carbocycles. The number of hydrogen-bond acceptors (Lipinski definition) is 1. The van der Waals surface area contributed by atoms with Crippen LogP contribution in [0.2, 0.25) is 0 Å². The molecule has 0 saturated heterocycles. The van der Waals surface area contributed by atoms with Crippen LogP contribution in [0, 0.1) is 0 Å². The van der Waals surface area contributed by atoms with Gasteiger partial charge in [0.2, 0.25) is 0 Å². The van der Waals surface area contributed by atoms with Gasteiger partial charge in [0.25, 0.3) is 0 Å². The lowest BCUT2D eigenvalue weighted by Gasteiger charge is -1.91. The molecule has 11 heavy (non-hydrogen) atoms. The maximum absolute atomic E-state index is 3.93. The summed E-state index contributed by atoms with van der Waals surface area (Å²) in [6.45, 7) is 3.59. The van der Waals surface area contributed by atoms with E-state index in [1.807, 2.05) is 18.2 Å². The predicted molar refractivity (Wildman–Crippen MR) is 47.3 cm³/mol. The lowest BCUT2D eigenvalue weighted by atomic mass is 10.2. The van der Waals surface area contributed by atoms with Crippen molar-refractivity contribution in [3.63, 3.8) is 0 Å². The second-order valence-corrected chi connectivity index (χ2v) is 2.22. The van der Waals surface area contributed by atoms with Crippen molar-refractivity contribution in [1.29, 1.82) is 0 Å². The predicted octanol–water partition coefficient (Wildman–Crippen LogP) is 2.37. The van der Waals surface area contributed by atoms with Crippen molar-refractivity contribution in [3.8, 4) is 0 Å². The maximum atomic E-state index is 3.93. The topological polar surface area (TPSA) is 12.9 Å². The average molecular weight is 145 g/mol. The standard InChI is InChI=1S/C10H11N/c1-2-3-4-5-10-6-8-11-9-7-10/h2-4,6-9H,1,5H2/b4-3+. The van der Waals surface area contributed by atoms with E-state index in [1.165, 1.54) is 5.56 Å². The molecular weight excluding hydrogens is 134 g/mol. The minimum absolute atomic E-state index is 0.953. The van der Waals surface area contributed by atoms with E-state index in [0.29, 0.717) is 0 Å². The van der Waals surface area contributed by atoms with Crippen molar-refractivity contribution < 1.29 is 0 Å². The number of rotatable bonds is 3. The number of hydrogen-bond donors (Lipinski definition) is 0. The average Bonchev–Trinajstić information content (AvgIpc) is 2.07. The highest BCUT2D eigenvalue weighted by Gasteiger charge is 1.84. The summed E-state index contributed by atoms with van der Waals surface area (Å²) in [6, 6.07) is 4.01. The SMILES string of the molecule is C=C/C=C/Cc1ccncc1. The van der Waals surface area contributed by atoms with E-state index in [2.05, 4.69) is 17.6 Å². The zero-order valence-corrected chi connectivity index (χ0v) is 6.40. The molecule has 0 aliphatic carbocycles. The first-order valence-electron chi connectivity index (χ1n) is 3.60. The van der Waals surface area contributed by atoms with Crippen LogP contribution < -0.4 is 0 Å². The minimum atomic E-state index is 0.953. The summed E-state index contributed by atoms with van der Waals surface area (Å²) in [5.41, 5.74) is 1.28. The zero-order chi connectivity index (χ0) is 7.94. The third-order valence-corrected chi connectivity index (χ3v) is 1.38. The maximum Gasteiger partial charge on any atom is 0.0270 e.